The van der Waals surface area contributed by atoms with Gasteiger partial charge in [0.05, 0.1) is 0 Å². The first-order valence-electron chi connectivity index (χ1n) is 6.85. The molecule has 0 N–H and O–H groups in total. The van der Waals surface area contributed by atoms with Gasteiger partial charge in [0.1, 0.15) is 0 Å². The van der Waals surface area contributed by atoms with E-state index in [1.54, 1.807) is 0 Å². The van der Waals surface area contributed by atoms with E-state index in [0.717, 1.165) is 8.95 Å². The number of fused-ring (bicyclic) bond motifs is 2. The lowest BCUT2D eigenvalue weighted by Crippen LogP contribution is -2.36. The standard InChI is InChI=1S/C18H18Br2/c1-17(2)13-7-5-12(20)10-16(13)18(3,4)14-8-6-11(19)9-15(14)17/h5-10H,1-4H3. The third-order valence-electron chi connectivity index (χ3n) is 4.66. The van der Waals surface area contributed by atoms with Crippen LogP contribution in [0.25, 0.3) is 0 Å². The third kappa shape index (κ3) is 1.92. The molecule has 104 valence electrons. The van der Waals surface area contributed by atoms with Crippen LogP contribution in [-0.4, -0.2) is 0 Å². The zero-order valence-electron chi connectivity index (χ0n) is 12.2. The first-order chi connectivity index (χ1) is 9.24. The van der Waals surface area contributed by atoms with E-state index in [-0.39, 0.29) is 10.8 Å². The van der Waals surface area contributed by atoms with Crippen LogP contribution in [-0.2, 0) is 10.8 Å². The summed E-state index contributed by atoms with van der Waals surface area (Å²) in [6, 6.07) is 13.4. The summed E-state index contributed by atoms with van der Waals surface area (Å²) < 4.78 is 2.31. The smallest absolute Gasteiger partial charge is 0.0178 e. The minimum Gasteiger partial charge on any atom is -0.0567 e. The van der Waals surface area contributed by atoms with Crippen molar-refractivity contribution in [3.05, 3.63) is 67.6 Å². The SMILES string of the molecule is CC1(C)c2ccc(Br)cc2C(C)(C)c2ccc(Br)cc21. The maximum Gasteiger partial charge on any atom is 0.0178 e. The van der Waals surface area contributed by atoms with Gasteiger partial charge in [-0.05, 0) is 46.5 Å². The topological polar surface area (TPSA) is 0 Å². The van der Waals surface area contributed by atoms with Crippen molar-refractivity contribution in [1.82, 2.24) is 0 Å². The number of benzene rings is 2. The lowest BCUT2D eigenvalue weighted by molar-refractivity contribution is 0.520. The molecule has 0 amide bonds. The zero-order chi connectivity index (χ0) is 14.7. The Labute approximate surface area is 137 Å². The molecule has 0 aliphatic heterocycles. The molecule has 0 atom stereocenters. The van der Waals surface area contributed by atoms with Crippen LogP contribution in [0.15, 0.2) is 45.3 Å². The Bertz CT molecular complexity index is 635. The average Bonchev–Trinajstić information content (AvgIpc) is 2.36. The normalized spacial score (nSPS) is 18.3. The van der Waals surface area contributed by atoms with Gasteiger partial charge >= 0.3 is 0 Å². The molecule has 0 bridgehead atoms. The molecule has 1 aliphatic carbocycles. The van der Waals surface area contributed by atoms with E-state index >= 15 is 0 Å². The summed E-state index contributed by atoms with van der Waals surface area (Å²) in [5, 5.41) is 0. The molecule has 2 heteroatoms. The molecule has 3 rings (SSSR count). The van der Waals surface area contributed by atoms with Crippen LogP contribution >= 0.6 is 31.9 Å². The molecular formula is C18H18Br2. The fraction of sp³-hybridized carbons (Fsp3) is 0.333. The predicted octanol–water partition coefficient (Wildman–Crippen LogP) is 6.18. The van der Waals surface area contributed by atoms with E-state index in [1.165, 1.54) is 22.3 Å². The number of rotatable bonds is 0. The Morgan fingerprint density at radius 2 is 0.950 bits per heavy atom. The van der Waals surface area contributed by atoms with Crippen molar-refractivity contribution in [1.29, 1.82) is 0 Å². The summed E-state index contributed by atoms with van der Waals surface area (Å²) >= 11 is 7.25. The highest BCUT2D eigenvalue weighted by Crippen LogP contribution is 2.50. The monoisotopic (exact) mass is 392 g/mol. The van der Waals surface area contributed by atoms with Crippen LogP contribution in [0, 0.1) is 0 Å². The molecule has 2 aromatic carbocycles. The molecule has 0 saturated carbocycles. The summed E-state index contributed by atoms with van der Waals surface area (Å²) in [5.41, 5.74) is 5.76. The highest BCUT2D eigenvalue weighted by atomic mass is 79.9. The number of hydrogen-bond acceptors (Lipinski definition) is 0. The van der Waals surface area contributed by atoms with E-state index in [9.17, 15) is 0 Å². The highest BCUT2D eigenvalue weighted by Gasteiger charge is 2.41. The van der Waals surface area contributed by atoms with E-state index in [4.69, 9.17) is 0 Å². The fourth-order valence-electron chi connectivity index (χ4n) is 3.45. The van der Waals surface area contributed by atoms with Crippen molar-refractivity contribution in [2.24, 2.45) is 0 Å². The Morgan fingerprint density at radius 1 is 0.600 bits per heavy atom. The molecule has 0 nitrogen and oxygen atoms in total. The second kappa shape index (κ2) is 4.45. The predicted molar refractivity (Wildman–Crippen MR) is 92.5 cm³/mol. The minimum atomic E-state index is 0.0324. The third-order valence-corrected chi connectivity index (χ3v) is 5.64. The summed E-state index contributed by atoms with van der Waals surface area (Å²) in [6.45, 7) is 9.28. The minimum absolute atomic E-state index is 0.0324. The molecule has 0 unspecified atom stereocenters. The fourth-order valence-corrected chi connectivity index (χ4v) is 4.17. The van der Waals surface area contributed by atoms with Gasteiger partial charge in [-0.3, -0.25) is 0 Å². The van der Waals surface area contributed by atoms with Crippen LogP contribution in [0.4, 0.5) is 0 Å². The zero-order valence-corrected chi connectivity index (χ0v) is 15.4. The van der Waals surface area contributed by atoms with E-state index in [2.05, 4.69) is 96.0 Å². The lowest BCUT2D eigenvalue weighted by Gasteiger charge is -2.44. The second-order valence-electron chi connectivity index (χ2n) is 6.63. The lowest BCUT2D eigenvalue weighted by atomic mass is 9.60. The van der Waals surface area contributed by atoms with Gasteiger partial charge in [-0.2, -0.15) is 0 Å². The van der Waals surface area contributed by atoms with Crippen molar-refractivity contribution < 1.29 is 0 Å². The van der Waals surface area contributed by atoms with Crippen molar-refractivity contribution in [3.63, 3.8) is 0 Å². The van der Waals surface area contributed by atoms with Crippen molar-refractivity contribution in [2.45, 2.75) is 38.5 Å². The van der Waals surface area contributed by atoms with E-state index in [1.807, 2.05) is 0 Å². The van der Waals surface area contributed by atoms with Gasteiger partial charge in [0.2, 0.25) is 0 Å². The molecule has 1 aliphatic rings. The maximum absolute atomic E-state index is 3.62. The van der Waals surface area contributed by atoms with Gasteiger partial charge < -0.3 is 0 Å². The summed E-state index contributed by atoms with van der Waals surface area (Å²) in [7, 11) is 0. The molecule has 0 spiro atoms. The van der Waals surface area contributed by atoms with Gasteiger partial charge in [-0.15, -0.1) is 0 Å². The summed E-state index contributed by atoms with van der Waals surface area (Å²) in [6.07, 6.45) is 0. The summed E-state index contributed by atoms with van der Waals surface area (Å²) in [4.78, 5) is 0. The molecule has 2 aromatic rings. The first kappa shape index (κ1) is 14.3. The van der Waals surface area contributed by atoms with Crippen LogP contribution in [0.5, 0.6) is 0 Å². The number of halogens is 2. The molecule has 0 saturated heterocycles. The second-order valence-corrected chi connectivity index (χ2v) is 8.46. The van der Waals surface area contributed by atoms with E-state index < -0.39 is 0 Å². The van der Waals surface area contributed by atoms with Crippen molar-refractivity contribution in [3.8, 4) is 0 Å². The Hall–Kier alpha value is -0.600. The largest absolute Gasteiger partial charge is 0.0567 e. The Morgan fingerprint density at radius 3 is 1.30 bits per heavy atom. The Balaban J connectivity index is 2.40. The average molecular weight is 394 g/mol. The van der Waals surface area contributed by atoms with Gasteiger partial charge in [0, 0.05) is 19.8 Å². The number of hydrogen-bond donors (Lipinski definition) is 0. The van der Waals surface area contributed by atoms with Crippen molar-refractivity contribution >= 4 is 31.9 Å². The molecular weight excluding hydrogens is 376 g/mol. The van der Waals surface area contributed by atoms with Gasteiger partial charge in [0.15, 0.2) is 0 Å². The molecule has 0 heterocycles. The van der Waals surface area contributed by atoms with Crippen LogP contribution in [0.3, 0.4) is 0 Å². The van der Waals surface area contributed by atoms with Crippen LogP contribution in [0.1, 0.15) is 49.9 Å². The maximum atomic E-state index is 3.62. The van der Waals surface area contributed by atoms with Gasteiger partial charge in [0.25, 0.3) is 0 Å². The molecule has 0 fully saturated rings. The Kier molecular flexibility index (Phi) is 3.19. The molecule has 0 aromatic heterocycles. The van der Waals surface area contributed by atoms with Crippen LogP contribution in [0.2, 0.25) is 0 Å². The van der Waals surface area contributed by atoms with Gasteiger partial charge in [-0.1, -0.05) is 71.7 Å². The highest BCUT2D eigenvalue weighted by molar-refractivity contribution is 9.10. The summed E-state index contributed by atoms with van der Waals surface area (Å²) in [5.74, 6) is 0. The van der Waals surface area contributed by atoms with Crippen molar-refractivity contribution in [2.75, 3.05) is 0 Å². The van der Waals surface area contributed by atoms with Gasteiger partial charge in [-0.25, -0.2) is 0 Å². The quantitative estimate of drug-likeness (QED) is 0.501. The van der Waals surface area contributed by atoms with Crippen LogP contribution < -0.4 is 0 Å². The first-order valence-corrected chi connectivity index (χ1v) is 8.44. The molecule has 20 heavy (non-hydrogen) atoms. The molecule has 0 radical (unpaired) electrons. The van der Waals surface area contributed by atoms with E-state index in [0.29, 0.717) is 0 Å².